The van der Waals surface area contributed by atoms with E-state index in [1.165, 1.54) is 12.3 Å². The van der Waals surface area contributed by atoms with Crippen LogP contribution in [0.2, 0.25) is 0 Å². The van der Waals surface area contributed by atoms with E-state index in [1.54, 1.807) is 6.07 Å². The van der Waals surface area contributed by atoms with Crippen molar-refractivity contribution in [3.63, 3.8) is 0 Å². The minimum absolute atomic E-state index is 0.128. The van der Waals surface area contributed by atoms with Gasteiger partial charge in [0.1, 0.15) is 5.56 Å². The molecule has 94 valence electrons. The smallest absolute Gasteiger partial charge is 0.260 e. The van der Waals surface area contributed by atoms with Gasteiger partial charge in [0, 0.05) is 24.6 Å². The molecule has 2 heterocycles. The van der Waals surface area contributed by atoms with Gasteiger partial charge < -0.3 is 14.9 Å². The highest BCUT2D eigenvalue weighted by Gasteiger charge is 2.10. The van der Waals surface area contributed by atoms with Crippen LogP contribution in [0.1, 0.15) is 21.7 Å². The number of carbonyl (C=O) groups is 1. The summed E-state index contributed by atoms with van der Waals surface area (Å²) in [6.45, 7) is 2.39. The van der Waals surface area contributed by atoms with Crippen LogP contribution in [-0.4, -0.2) is 15.5 Å². The van der Waals surface area contributed by atoms with Gasteiger partial charge in [-0.15, -0.1) is 0 Å². The lowest BCUT2D eigenvalue weighted by molar-refractivity contribution is 0.0948. The summed E-state index contributed by atoms with van der Waals surface area (Å²) in [5.74, 6) is -0.365. The molecule has 2 aromatic rings. The number of aromatic amines is 1. The summed E-state index contributed by atoms with van der Waals surface area (Å²) >= 11 is 0. The Hall–Kier alpha value is -2.30. The molecule has 18 heavy (non-hydrogen) atoms. The Morgan fingerprint density at radius 2 is 2.17 bits per heavy atom. The second-order valence-corrected chi connectivity index (χ2v) is 4.12. The van der Waals surface area contributed by atoms with E-state index in [0.717, 1.165) is 11.4 Å². The molecule has 5 nitrogen and oxygen atoms in total. The number of pyridine rings is 1. The van der Waals surface area contributed by atoms with Crippen molar-refractivity contribution in [2.75, 3.05) is 0 Å². The minimum Gasteiger partial charge on any atom is -0.350 e. The molecule has 0 atom stereocenters. The zero-order valence-electron chi connectivity index (χ0n) is 10.4. The Kier molecular flexibility index (Phi) is 3.32. The third-order valence-corrected chi connectivity index (χ3v) is 2.97. The Morgan fingerprint density at radius 3 is 2.78 bits per heavy atom. The topological polar surface area (TPSA) is 66.9 Å². The van der Waals surface area contributed by atoms with E-state index < -0.39 is 0 Å². The average Bonchev–Trinajstić information content (AvgIpc) is 2.68. The van der Waals surface area contributed by atoms with Gasteiger partial charge in [-0.1, -0.05) is 0 Å². The molecule has 2 aromatic heterocycles. The van der Waals surface area contributed by atoms with Crippen molar-refractivity contribution in [1.82, 2.24) is 14.9 Å². The molecule has 2 N–H and O–H groups in total. The van der Waals surface area contributed by atoms with E-state index in [2.05, 4.69) is 10.3 Å². The fourth-order valence-electron chi connectivity index (χ4n) is 1.71. The maximum absolute atomic E-state index is 11.8. The Labute approximate surface area is 104 Å². The SMILES string of the molecule is Cc1ccc(CNC(=O)c2ccc[nH]c2=O)n1C. The van der Waals surface area contributed by atoms with E-state index in [1.807, 2.05) is 30.7 Å². The lowest BCUT2D eigenvalue weighted by Gasteiger charge is -2.07. The molecule has 1 amide bonds. The molecule has 0 aromatic carbocycles. The van der Waals surface area contributed by atoms with Crippen molar-refractivity contribution in [3.05, 3.63) is 57.8 Å². The zero-order valence-corrected chi connectivity index (χ0v) is 10.4. The third kappa shape index (κ3) is 2.34. The summed E-state index contributed by atoms with van der Waals surface area (Å²) in [6.07, 6.45) is 1.50. The predicted molar refractivity (Wildman–Crippen MR) is 68.4 cm³/mol. The Bertz CT molecular complexity index is 625. The van der Waals surface area contributed by atoms with E-state index >= 15 is 0 Å². The molecule has 0 radical (unpaired) electrons. The normalized spacial score (nSPS) is 10.3. The van der Waals surface area contributed by atoms with Gasteiger partial charge in [0.15, 0.2) is 0 Å². The number of H-pyrrole nitrogens is 1. The first-order valence-electron chi connectivity index (χ1n) is 5.66. The second-order valence-electron chi connectivity index (χ2n) is 4.12. The van der Waals surface area contributed by atoms with Crippen LogP contribution in [0.5, 0.6) is 0 Å². The van der Waals surface area contributed by atoms with Crippen molar-refractivity contribution in [3.8, 4) is 0 Å². The standard InChI is InChI=1S/C13H15N3O2/c1-9-5-6-10(16(9)2)8-15-13(18)11-4-3-7-14-12(11)17/h3-7H,8H2,1-2H3,(H,14,17)(H,15,18). The summed E-state index contributed by atoms with van der Waals surface area (Å²) < 4.78 is 2.00. The van der Waals surface area contributed by atoms with E-state index in [9.17, 15) is 9.59 Å². The van der Waals surface area contributed by atoms with Crippen LogP contribution in [0.4, 0.5) is 0 Å². The number of nitrogens with one attached hydrogen (secondary N) is 2. The largest absolute Gasteiger partial charge is 0.350 e. The number of amides is 1. The molecular formula is C13H15N3O2. The molecule has 0 aliphatic heterocycles. The first-order chi connectivity index (χ1) is 8.59. The number of aromatic nitrogens is 2. The minimum atomic E-state index is -0.377. The molecule has 2 rings (SSSR count). The first kappa shape index (κ1) is 12.2. The zero-order chi connectivity index (χ0) is 13.1. The fourth-order valence-corrected chi connectivity index (χ4v) is 1.71. The molecule has 0 saturated carbocycles. The van der Waals surface area contributed by atoms with Crippen LogP contribution >= 0.6 is 0 Å². The number of rotatable bonds is 3. The molecular weight excluding hydrogens is 230 g/mol. The molecule has 0 aliphatic rings. The van der Waals surface area contributed by atoms with Crippen molar-refractivity contribution < 1.29 is 4.79 Å². The predicted octanol–water partition coefficient (Wildman–Crippen LogP) is 0.952. The Balaban J connectivity index is 2.08. The van der Waals surface area contributed by atoms with Gasteiger partial charge in [-0.05, 0) is 31.2 Å². The summed E-state index contributed by atoms with van der Waals surface area (Å²) in [5.41, 5.74) is 1.87. The molecule has 0 fully saturated rings. The van der Waals surface area contributed by atoms with Gasteiger partial charge in [-0.2, -0.15) is 0 Å². The van der Waals surface area contributed by atoms with Crippen molar-refractivity contribution in [1.29, 1.82) is 0 Å². The molecule has 0 unspecified atom stereocenters. The molecule has 0 aliphatic carbocycles. The average molecular weight is 245 g/mol. The van der Waals surface area contributed by atoms with Crippen LogP contribution < -0.4 is 10.9 Å². The Morgan fingerprint density at radius 1 is 1.39 bits per heavy atom. The van der Waals surface area contributed by atoms with Crippen LogP contribution in [0.3, 0.4) is 0 Å². The lowest BCUT2D eigenvalue weighted by atomic mass is 10.2. The maximum Gasteiger partial charge on any atom is 0.260 e. The van der Waals surface area contributed by atoms with Crippen molar-refractivity contribution in [2.24, 2.45) is 7.05 Å². The summed E-state index contributed by atoms with van der Waals surface area (Å²) in [4.78, 5) is 25.7. The van der Waals surface area contributed by atoms with Crippen LogP contribution in [0, 0.1) is 6.92 Å². The molecule has 0 bridgehead atoms. The number of carbonyl (C=O) groups excluding carboxylic acids is 1. The quantitative estimate of drug-likeness (QED) is 0.845. The first-order valence-corrected chi connectivity index (χ1v) is 5.66. The van der Waals surface area contributed by atoms with Crippen molar-refractivity contribution in [2.45, 2.75) is 13.5 Å². The van der Waals surface area contributed by atoms with Gasteiger partial charge in [-0.3, -0.25) is 9.59 Å². The number of hydrogen-bond acceptors (Lipinski definition) is 2. The fraction of sp³-hybridized carbons (Fsp3) is 0.231. The van der Waals surface area contributed by atoms with Gasteiger partial charge in [0.2, 0.25) is 0 Å². The highest BCUT2D eigenvalue weighted by atomic mass is 16.2. The van der Waals surface area contributed by atoms with Gasteiger partial charge >= 0.3 is 0 Å². The molecule has 5 heteroatoms. The monoisotopic (exact) mass is 245 g/mol. The van der Waals surface area contributed by atoms with Crippen LogP contribution in [0.25, 0.3) is 0 Å². The third-order valence-electron chi connectivity index (χ3n) is 2.97. The molecule has 0 spiro atoms. The summed E-state index contributed by atoms with van der Waals surface area (Å²) in [7, 11) is 1.94. The van der Waals surface area contributed by atoms with Gasteiger partial charge in [0.05, 0.1) is 6.54 Å². The van der Waals surface area contributed by atoms with E-state index in [4.69, 9.17) is 0 Å². The van der Waals surface area contributed by atoms with Crippen LogP contribution in [0.15, 0.2) is 35.3 Å². The number of hydrogen-bond donors (Lipinski definition) is 2. The highest BCUT2D eigenvalue weighted by Crippen LogP contribution is 2.05. The highest BCUT2D eigenvalue weighted by molar-refractivity contribution is 5.93. The van der Waals surface area contributed by atoms with E-state index in [0.29, 0.717) is 6.54 Å². The lowest BCUT2D eigenvalue weighted by Crippen LogP contribution is -2.29. The van der Waals surface area contributed by atoms with Gasteiger partial charge in [0.25, 0.3) is 11.5 Å². The molecule has 0 saturated heterocycles. The van der Waals surface area contributed by atoms with E-state index in [-0.39, 0.29) is 17.0 Å². The summed E-state index contributed by atoms with van der Waals surface area (Å²) in [6, 6.07) is 7.06. The van der Waals surface area contributed by atoms with Crippen molar-refractivity contribution >= 4 is 5.91 Å². The summed E-state index contributed by atoms with van der Waals surface area (Å²) in [5, 5.41) is 2.73. The number of nitrogens with zero attached hydrogens (tertiary/aromatic N) is 1. The maximum atomic E-state index is 11.8. The number of aryl methyl sites for hydroxylation is 1. The van der Waals surface area contributed by atoms with Crippen LogP contribution in [-0.2, 0) is 13.6 Å². The van der Waals surface area contributed by atoms with Gasteiger partial charge in [-0.25, -0.2) is 0 Å². The second kappa shape index (κ2) is 4.91.